The molecule has 22 heavy (non-hydrogen) atoms. The molecule has 0 unspecified atom stereocenters. The van der Waals surface area contributed by atoms with Gasteiger partial charge in [0.1, 0.15) is 0 Å². The van der Waals surface area contributed by atoms with Gasteiger partial charge in [-0.3, -0.25) is 0 Å². The number of hydrogen-bond acceptors (Lipinski definition) is 4. The molecule has 1 aromatic rings. The molecular weight excluding hydrogens is 321 g/mol. The number of sulfonamides is 1. The number of nitrogens with one attached hydrogen (secondary N) is 1. The van der Waals surface area contributed by atoms with Crippen LogP contribution in [0.15, 0.2) is 23.1 Å². The van der Waals surface area contributed by atoms with Crippen LogP contribution in [0.2, 0.25) is 0 Å². The highest BCUT2D eigenvalue weighted by molar-refractivity contribution is 7.89. The largest absolute Gasteiger partial charge is 0.417 e. The summed E-state index contributed by atoms with van der Waals surface area (Å²) in [5, 5.41) is 8.69. The van der Waals surface area contributed by atoms with E-state index in [4.69, 9.17) is 10.00 Å². The van der Waals surface area contributed by atoms with Crippen LogP contribution in [-0.2, 0) is 20.9 Å². The third kappa shape index (κ3) is 4.69. The summed E-state index contributed by atoms with van der Waals surface area (Å²) in [6.07, 6.45) is -4.43. The van der Waals surface area contributed by atoms with Gasteiger partial charge in [-0.25, -0.2) is 13.1 Å². The first-order valence-electron chi connectivity index (χ1n) is 6.24. The fraction of sp³-hybridized carbons (Fsp3) is 0.462. The van der Waals surface area contributed by atoms with Gasteiger partial charge in [0.15, 0.2) is 0 Å². The topological polar surface area (TPSA) is 79.2 Å². The number of benzene rings is 1. The first-order chi connectivity index (χ1) is 10.1. The van der Waals surface area contributed by atoms with Crippen LogP contribution in [0, 0.1) is 11.3 Å². The van der Waals surface area contributed by atoms with Gasteiger partial charge in [-0.1, -0.05) is 0 Å². The molecule has 1 aromatic carbocycles. The Morgan fingerprint density at radius 2 is 2.05 bits per heavy atom. The molecule has 0 spiro atoms. The summed E-state index contributed by atoms with van der Waals surface area (Å²) in [6.45, 7) is 1.88. The number of ether oxygens (including phenoxy) is 1. The van der Waals surface area contributed by atoms with Crippen LogP contribution in [0.25, 0.3) is 0 Å². The molecule has 1 atom stereocenters. The highest BCUT2D eigenvalue weighted by atomic mass is 32.2. The van der Waals surface area contributed by atoms with Crippen molar-refractivity contribution in [2.24, 2.45) is 0 Å². The number of alkyl halides is 3. The van der Waals surface area contributed by atoms with E-state index in [1.165, 1.54) is 13.2 Å². The summed E-state index contributed by atoms with van der Waals surface area (Å²) < 4.78 is 69.8. The van der Waals surface area contributed by atoms with Crippen molar-refractivity contribution < 1.29 is 26.3 Å². The Morgan fingerprint density at radius 1 is 1.41 bits per heavy atom. The van der Waals surface area contributed by atoms with Crippen molar-refractivity contribution in [1.29, 1.82) is 5.26 Å². The number of hydrogen-bond donors (Lipinski definition) is 1. The van der Waals surface area contributed by atoms with Crippen LogP contribution in [0.1, 0.15) is 24.5 Å². The van der Waals surface area contributed by atoms with Gasteiger partial charge in [-0.05, 0) is 31.5 Å². The molecule has 0 amide bonds. The third-order valence-corrected chi connectivity index (χ3v) is 4.43. The van der Waals surface area contributed by atoms with Gasteiger partial charge in [0, 0.05) is 19.8 Å². The van der Waals surface area contributed by atoms with Crippen molar-refractivity contribution in [3.63, 3.8) is 0 Å². The molecule has 0 aliphatic heterocycles. The molecule has 0 radical (unpaired) electrons. The van der Waals surface area contributed by atoms with E-state index in [0.717, 1.165) is 12.1 Å². The lowest BCUT2D eigenvalue weighted by Gasteiger charge is -2.15. The predicted molar refractivity (Wildman–Crippen MR) is 72.4 cm³/mol. The lowest BCUT2D eigenvalue weighted by molar-refractivity contribution is -0.137. The Balaban J connectivity index is 3.14. The van der Waals surface area contributed by atoms with Crippen molar-refractivity contribution in [3.8, 4) is 6.07 Å². The van der Waals surface area contributed by atoms with Gasteiger partial charge in [-0.2, -0.15) is 18.4 Å². The minimum absolute atomic E-state index is 0.310. The number of nitrogens with zero attached hydrogens (tertiary/aromatic N) is 1. The maximum atomic E-state index is 12.8. The Bertz CT molecular complexity index is 666. The summed E-state index contributed by atoms with van der Waals surface area (Å²) >= 11 is 0. The summed E-state index contributed by atoms with van der Waals surface area (Å²) in [7, 11) is -2.66. The molecular formula is C13H15F3N2O3S. The normalized spacial score (nSPS) is 13.6. The van der Waals surface area contributed by atoms with E-state index >= 15 is 0 Å². The van der Waals surface area contributed by atoms with Crippen molar-refractivity contribution in [3.05, 3.63) is 29.3 Å². The minimum atomic E-state index is -4.81. The highest BCUT2D eigenvalue weighted by Crippen LogP contribution is 2.33. The average Bonchev–Trinajstić information content (AvgIpc) is 2.43. The first-order valence-corrected chi connectivity index (χ1v) is 7.72. The Hall–Kier alpha value is -1.63. The molecule has 0 saturated carbocycles. The zero-order valence-corrected chi connectivity index (χ0v) is 12.8. The van der Waals surface area contributed by atoms with E-state index in [2.05, 4.69) is 4.72 Å². The Morgan fingerprint density at radius 3 is 2.55 bits per heavy atom. The van der Waals surface area contributed by atoms with Gasteiger partial charge in [0.05, 0.1) is 22.1 Å². The predicted octanol–water partition coefficient (Wildman–Crippen LogP) is 2.28. The quantitative estimate of drug-likeness (QED) is 0.864. The number of methoxy groups -OCH3 is 1. The van der Waals surface area contributed by atoms with Crippen LogP contribution in [0.3, 0.4) is 0 Å². The number of nitriles is 1. The molecule has 9 heteroatoms. The Kier molecular flexibility index (Phi) is 5.93. The first kappa shape index (κ1) is 18.4. The molecule has 0 heterocycles. The van der Waals surface area contributed by atoms with E-state index < -0.39 is 38.3 Å². The Labute approximate surface area is 126 Å². The molecule has 0 aliphatic carbocycles. The lowest BCUT2D eigenvalue weighted by Crippen LogP contribution is -2.33. The summed E-state index contributed by atoms with van der Waals surface area (Å²) in [6, 6.07) is 3.17. The SMILES string of the molecule is COCC[C@H](C)NS(=O)(=O)c1ccc(C#N)c(C(F)(F)F)c1. The van der Waals surface area contributed by atoms with Gasteiger partial charge in [0.25, 0.3) is 0 Å². The van der Waals surface area contributed by atoms with E-state index in [1.807, 2.05) is 0 Å². The molecule has 5 nitrogen and oxygen atoms in total. The van der Waals surface area contributed by atoms with Crippen LogP contribution < -0.4 is 4.72 Å². The minimum Gasteiger partial charge on any atom is -0.385 e. The molecule has 0 aliphatic rings. The van der Waals surface area contributed by atoms with Crippen LogP contribution in [0.5, 0.6) is 0 Å². The maximum absolute atomic E-state index is 12.8. The highest BCUT2D eigenvalue weighted by Gasteiger charge is 2.35. The average molecular weight is 336 g/mol. The van der Waals surface area contributed by atoms with E-state index in [0.29, 0.717) is 19.1 Å². The van der Waals surface area contributed by atoms with Crippen molar-refractivity contribution in [2.75, 3.05) is 13.7 Å². The standard InChI is InChI=1S/C13H15F3N2O3S/c1-9(5-6-21-2)18-22(19,20)11-4-3-10(8-17)12(7-11)13(14,15)16/h3-4,7,9,18H,5-6H2,1-2H3/t9-/m0/s1. The fourth-order valence-corrected chi connectivity index (χ4v) is 3.01. The second kappa shape index (κ2) is 7.09. The van der Waals surface area contributed by atoms with Crippen LogP contribution in [-0.4, -0.2) is 28.2 Å². The number of rotatable bonds is 6. The van der Waals surface area contributed by atoms with Gasteiger partial charge in [0.2, 0.25) is 10.0 Å². The molecule has 122 valence electrons. The van der Waals surface area contributed by atoms with Crippen molar-refractivity contribution in [1.82, 2.24) is 4.72 Å². The van der Waals surface area contributed by atoms with E-state index in [9.17, 15) is 21.6 Å². The molecule has 0 fully saturated rings. The molecule has 1 rings (SSSR count). The molecule has 0 saturated heterocycles. The van der Waals surface area contributed by atoms with E-state index in [1.54, 1.807) is 6.92 Å². The number of halogens is 3. The zero-order chi connectivity index (χ0) is 17.0. The molecule has 0 bridgehead atoms. The van der Waals surface area contributed by atoms with Gasteiger partial charge >= 0.3 is 6.18 Å². The second-order valence-corrected chi connectivity index (χ2v) is 6.33. The maximum Gasteiger partial charge on any atom is 0.417 e. The molecule has 1 N–H and O–H groups in total. The van der Waals surface area contributed by atoms with Crippen molar-refractivity contribution in [2.45, 2.75) is 30.5 Å². The van der Waals surface area contributed by atoms with Crippen molar-refractivity contribution >= 4 is 10.0 Å². The van der Waals surface area contributed by atoms with Crippen LogP contribution in [0.4, 0.5) is 13.2 Å². The smallest absolute Gasteiger partial charge is 0.385 e. The van der Waals surface area contributed by atoms with Crippen LogP contribution >= 0.6 is 0 Å². The molecule has 0 aromatic heterocycles. The van der Waals surface area contributed by atoms with Gasteiger partial charge in [-0.15, -0.1) is 0 Å². The fourth-order valence-electron chi connectivity index (χ4n) is 1.71. The monoisotopic (exact) mass is 336 g/mol. The zero-order valence-electron chi connectivity index (χ0n) is 11.9. The lowest BCUT2D eigenvalue weighted by atomic mass is 10.1. The summed E-state index contributed by atoms with van der Waals surface area (Å²) in [4.78, 5) is -0.539. The summed E-state index contributed by atoms with van der Waals surface area (Å²) in [5.41, 5.74) is -1.90. The van der Waals surface area contributed by atoms with Gasteiger partial charge < -0.3 is 4.74 Å². The second-order valence-electron chi connectivity index (χ2n) is 4.62. The third-order valence-electron chi connectivity index (χ3n) is 2.84. The summed E-state index contributed by atoms with van der Waals surface area (Å²) in [5.74, 6) is 0. The van der Waals surface area contributed by atoms with E-state index in [-0.39, 0.29) is 0 Å².